The van der Waals surface area contributed by atoms with Crippen LogP contribution in [0.2, 0.25) is 0 Å². The van der Waals surface area contributed by atoms with Gasteiger partial charge in [0.15, 0.2) is 6.04 Å². The number of rotatable bonds is 5. The maximum atomic E-state index is 13.0. The van der Waals surface area contributed by atoms with Gasteiger partial charge in [-0.15, -0.1) is 10.1 Å². The van der Waals surface area contributed by atoms with Gasteiger partial charge in [0, 0.05) is 16.7 Å². The Kier molecular flexibility index (Phi) is 6.03. The van der Waals surface area contributed by atoms with Crippen LogP contribution in [0.25, 0.3) is 0 Å². The van der Waals surface area contributed by atoms with Gasteiger partial charge in [0.25, 0.3) is 5.91 Å². The van der Waals surface area contributed by atoms with Crippen molar-refractivity contribution in [3.8, 4) is 5.75 Å². The second kappa shape index (κ2) is 9.06. The number of carbonyl (C=O) groups excluding carboxylic acids is 2. The van der Waals surface area contributed by atoms with E-state index in [4.69, 9.17) is 4.74 Å². The van der Waals surface area contributed by atoms with E-state index in [-0.39, 0.29) is 11.8 Å². The van der Waals surface area contributed by atoms with Crippen molar-refractivity contribution in [1.82, 2.24) is 10.7 Å². The zero-order chi connectivity index (χ0) is 22.7. The van der Waals surface area contributed by atoms with Crippen LogP contribution in [0, 0.1) is 13.8 Å². The van der Waals surface area contributed by atoms with Crippen LogP contribution in [0.3, 0.4) is 0 Å². The van der Waals surface area contributed by atoms with Gasteiger partial charge in [-0.3, -0.25) is 9.59 Å². The van der Waals surface area contributed by atoms with Crippen LogP contribution in [0.1, 0.15) is 38.7 Å². The smallest absolute Gasteiger partial charge is 0.304 e. The highest BCUT2D eigenvalue weighted by atomic mass is 16.5. The predicted octanol–water partition coefficient (Wildman–Crippen LogP) is 3.33. The second-order valence-corrected chi connectivity index (χ2v) is 7.97. The molecule has 3 aromatic carbocycles. The van der Waals surface area contributed by atoms with Gasteiger partial charge in [0.05, 0.1) is 7.11 Å². The molecule has 0 unspecified atom stereocenters. The fraction of sp³-hybridized carbons (Fsp3) is 0.192. The first-order chi connectivity index (χ1) is 15.4. The average Bonchev–Trinajstić information content (AvgIpc) is 3.09. The molecule has 0 radical (unpaired) electrons. The third-order valence-corrected chi connectivity index (χ3v) is 5.50. The number of hydrazine groups is 1. The third kappa shape index (κ3) is 4.54. The van der Waals surface area contributed by atoms with Gasteiger partial charge >= 0.3 is 5.91 Å². The Hall–Kier alpha value is -3.93. The SMILES string of the molecule is COc1cccc(/C=[N+]2\NC(=O)[C@@H](NC(=O)c3cccc(C)c3)[C@H]2c2ccc(C)cc2)c1. The van der Waals surface area contributed by atoms with Crippen LogP contribution in [0.5, 0.6) is 5.75 Å². The molecule has 2 amide bonds. The zero-order valence-electron chi connectivity index (χ0n) is 18.3. The molecule has 6 heteroatoms. The van der Waals surface area contributed by atoms with Crippen molar-refractivity contribution in [1.29, 1.82) is 0 Å². The first kappa shape index (κ1) is 21.3. The van der Waals surface area contributed by atoms with Crippen LogP contribution >= 0.6 is 0 Å². The molecule has 1 heterocycles. The lowest BCUT2D eigenvalue weighted by Crippen LogP contribution is -2.42. The van der Waals surface area contributed by atoms with E-state index in [1.807, 2.05) is 86.8 Å². The molecule has 162 valence electrons. The molecule has 0 aromatic heterocycles. The summed E-state index contributed by atoms with van der Waals surface area (Å²) in [5.74, 6) is 0.172. The third-order valence-electron chi connectivity index (χ3n) is 5.50. The summed E-state index contributed by atoms with van der Waals surface area (Å²) in [7, 11) is 1.61. The molecule has 2 atom stereocenters. The Morgan fingerprint density at radius 3 is 2.47 bits per heavy atom. The molecule has 4 rings (SSSR count). The molecule has 1 fully saturated rings. The number of nitrogens with one attached hydrogen (secondary N) is 2. The number of hydrogen-bond acceptors (Lipinski definition) is 3. The van der Waals surface area contributed by atoms with Crippen molar-refractivity contribution >= 4 is 18.0 Å². The van der Waals surface area contributed by atoms with Gasteiger partial charge in [0.1, 0.15) is 5.75 Å². The van der Waals surface area contributed by atoms with Crippen LogP contribution in [0.15, 0.2) is 72.8 Å². The first-order valence-electron chi connectivity index (χ1n) is 10.5. The minimum absolute atomic E-state index is 0.268. The Labute approximate surface area is 187 Å². The van der Waals surface area contributed by atoms with Crippen LogP contribution < -0.4 is 15.5 Å². The first-order valence-corrected chi connectivity index (χ1v) is 10.5. The maximum absolute atomic E-state index is 13.0. The summed E-state index contributed by atoms with van der Waals surface area (Å²) in [5, 5.41) is 2.94. The Balaban J connectivity index is 1.71. The van der Waals surface area contributed by atoms with E-state index in [9.17, 15) is 9.59 Å². The standard InChI is InChI=1S/C26H25N3O3/c1-17-10-12-20(13-11-17)24-23(27-25(30)21-8-4-6-18(2)14-21)26(31)28-29(24)16-19-7-5-9-22(15-19)32-3/h4-16,23-24H,1-3H3,(H-,27,28,30,31)/p+1/b29-16-/t23-,24+/m0/s1. The summed E-state index contributed by atoms with van der Waals surface area (Å²) < 4.78 is 7.07. The van der Waals surface area contributed by atoms with Crippen molar-refractivity contribution in [2.24, 2.45) is 0 Å². The van der Waals surface area contributed by atoms with Gasteiger partial charge in [-0.25, -0.2) is 0 Å². The summed E-state index contributed by atoms with van der Waals surface area (Å²) in [6.45, 7) is 3.94. The van der Waals surface area contributed by atoms with Gasteiger partial charge < -0.3 is 10.1 Å². The predicted molar refractivity (Wildman–Crippen MR) is 123 cm³/mol. The van der Waals surface area contributed by atoms with Gasteiger partial charge in [-0.2, -0.15) is 0 Å². The van der Waals surface area contributed by atoms with Crippen molar-refractivity contribution in [2.45, 2.75) is 25.9 Å². The lowest BCUT2D eigenvalue weighted by Gasteiger charge is -2.15. The van der Waals surface area contributed by atoms with Crippen molar-refractivity contribution in [3.63, 3.8) is 0 Å². The monoisotopic (exact) mass is 428 g/mol. The number of aryl methyl sites for hydroxylation is 2. The number of benzene rings is 3. The highest BCUT2D eigenvalue weighted by Gasteiger charge is 2.47. The molecule has 32 heavy (non-hydrogen) atoms. The molecule has 3 aromatic rings. The summed E-state index contributed by atoms with van der Waals surface area (Å²) >= 11 is 0. The van der Waals surface area contributed by atoms with Crippen molar-refractivity contribution in [2.75, 3.05) is 7.11 Å². The van der Waals surface area contributed by atoms with E-state index in [1.165, 1.54) is 0 Å². The van der Waals surface area contributed by atoms with Gasteiger partial charge in [0.2, 0.25) is 12.3 Å². The molecule has 0 bridgehead atoms. The fourth-order valence-corrected chi connectivity index (χ4v) is 3.84. The molecule has 0 spiro atoms. The lowest BCUT2D eigenvalue weighted by atomic mass is 9.98. The number of methoxy groups -OCH3 is 1. The molecule has 0 aliphatic carbocycles. The summed E-state index contributed by atoms with van der Waals surface area (Å²) in [6, 6.07) is 21.7. The van der Waals surface area contributed by atoms with Crippen molar-refractivity contribution < 1.29 is 19.0 Å². The molecule has 1 aliphatic heterocycles. The number of carbonyl (C=O) groups is 2. The van der Waals surface area contributed by atoms with E-state index >= 15 is 0 Å². The quantitative estimate of drug-likeness (QED) is 0.613. The van der Waals surface area contributed by atoms with Crippen LogP contribution in [-0.2, 0) is 4.79 Å². The van der Waals surface area contributed by atoms with E-state index in [2.05, 4.69) is 10.7 Å². The number of amides is 2. The molecular weight excluding hydrogens is 402 g/mol. The topological polar surface area (TPSA) is 70.4 Å². The maximum Gasteiger partial charge on any atom is 0.304 e. The lowest BCUT2D eigenvalue weighted by molar-refractivity contribution is -0.596. The highest BCUT2D eigenvalue weighted by Crippen LogP contribution is 2.26. The minimum atomic E-state index is -0.757. The number of nitrogens with zero attached hydrogens (tertiary/aromatic N) is 1. The summed E-state index contributed by atoms with van der Waals surface area (Å²) in [6.07, 6.45) is 1.85. The van der Waals surface area contributed by atoms with E-state index in [1.54, 1.807) is 17.9 Å². The normalized spacial score (nSPS) is 19.0. The average molecular weight is 429 g/mol. The zero-order valence-corrected chi connectivity index (χ0v) is 18.3. The Bertz CT molecular complexity index is 1180. The molecule has 1 saturated heterocycles. The summed E-state index contributed by atoms with van der Waals surface area (Å²) in [5.41, 5.74) is 7.32. The van der Waals surface area contributed by atoms with Gasteiger partial charge in [-0.1, -0.05) is 53.6 Å². The molecule has 1 aliphatic rings. The Morgan fingerprint density at radius 1 is 1.00 bits per heavy atom. The molecule has 0 saturated carbocycles. The van der Waals surface area contributed by atoms with E-state index in [0.29, 0.717) is 5.56 Å². The van der Waals surface area contributed by atoms with Crippen molar-refractivity contribution in [3.05, 3.63) is 101 Å². The molecule has 2 N–H and O–H groups in total. The molecular formula is C26H26N3O3+. The van der Waals surface area contributed by atoms with E-state index in [0.717, 1.165) is 28.0 Å². The molecule has 6 nitrogen and oxygen atoms in total. The largest absolute Gasteiger partial charge is 0.497 e. The number of ether oxygens (including phenoxy) is 1. The minimum Gasteiger partial charge on any atom is -0.497 e. The van der Waals surface area contributed by atoms with Crippen LogP contribution in [-0.4, -0.2) is 35.9 Å². The van der Waals surface area contributed by atoms with Crippen LogP contribution in [0.4, 0.5) is 0 Å². The summed E-state index contributed by atoms with van der Waals surface area (Å²) in [4.78, 5) is 25.9. The Morgan fingerprint density at radius 2 is 1.75 bits per heavy atom. The van der Waals surface area contributed by atoms with E-state index < -0.39 is 12.1 Å². The number of hydrazone groups is 1. The number of hydrogen-bond donors (Lipinski definition) is 2. The fourth-order valence-electron chi connectivity index (χ4n) is 3.84. The second-order valence-electron chi connectivity index (χ2n) is 7.97. The van der Waals surface area contributed by atoms with Gasteiger partial charge in [-0.05, 0) is 44.2 Å². The highest BCUT2D eigenvalue weighted by molar-refractivity contribution is 5.98.